The van der Waals surface area contributed by atoms with Crippen LogP contribution in [0.2, 0.25) is 0 Å². The summed E-state index contributed by atoms with van der Waals surface area (Å²) >= 11 is 0. The third-order valence-corrected chi connectivity index (χ3v) is 3.04. The number of fused-ring (bicyclic) bond motifs is 1. The first kappa shape index (κ1) is 14.4. The van der Waals surface area contributed by atoms with Gasteiger partial charge in [0.05, 0.1) is 5.52 Å². The van der Waals surface area contributed by atoms with Crippen molar-refractivity contribution in [3.05, 3.63) is 39.7 Å². The number of halogens is 3. The van der Waals surface area contributed by atoms with Crippen molar-refractivity contribution >= 4 is 10.9 Å². The van der Waals surface area contributed by atoms with E-state index < -0.39 is 12.1 Å². The van der Waals surface area contributed by atoms with Crippen molar-refractivity contribution in [1.82, 2.24) is 4.98 Å². The van der Waals surface area contributed by atoms with Gasteiger partial charge in [-0.1, -0.05) is 19.9 Å². The van der Waals surface area contributed by atoms with Gasteiger partial charge in [-0.2, -0.15) is 0 Å². The number of para-hydroxylation sites is 1. The molecule has 1 aromatic heterocycles. The van der Waals surface area contributed by atoms with Gasteiger partial charge in [0.1, 0.15) is 0 Å². The number of nitrogens with one attached hydrogen (secondary N) is 1. The van der Waals surface area contributed by atoms with E-state index in [4.69, 9.17) is 0 Å². The third kappa shape index (κ3) is 2.64. The van der Waals surface area contributed by atoms with E-state index in [2.05, 4.69) is 9.72 Å². The Morgan fingerprint density at radius 3 is 2.45 bits per heavy atom. The van der Waals surface area contributed by atoms with Gasteiger partial charge in [0.25, 0.3) is 0 Å². The summed E-state index contributed by atoms with van der Waals surface area (Å²) in [7, 11) is 0. The molecule has 1 heterocycles. The number of hydrogen-bond acceptors (Lipinski definition) is 2. The Hall–Kier alpha value is -1.98. The Labute approximate surface area is 113 Å². The predicted octanol–water partition coefficient (Wildman–Crippen LogP) is 3.86. The van der Waals surface area contributed by atoms with Crippen molar-refractivity contribution in [2.45, 2.75) is 33.1 Å². The summed E-state index contributed by atoms with van der Waals surface area (Å²) in [6.45, 7) is 5.39. The lowest BCUT2D eigenvalue weighted by Gasteiger charge is -2.14. The monoisotopic (exact) mass is 285 g/mol. The van der Waals surface area contributed by atoms with Crippen molar-refractivity contribution < 1.29 is 17.9 Å². The van der Waals surface area contributed by atoms with Gasteiger partial charge in [0, 0.05) is 16.6 Å². The van der Waals surface area contributed by atoms with Crippen LogP contribution < -0.4 is 10.2 Å². The molecule has 0 spiro atoms. The number of aryl methyl sites for hydroxylation is 1. The summed E-state index contributed by atoms with van der Waals surface area (Å²) in [5.41, 5.74) is 0.924. The molecule has 20 heavy (non-hydrogen) atoms. The summed E-state index contributed by atoms with van der Waals surface area (Å²) in [4.78, 5) is 15.2. The van der Waals surface area contributed by atoms with Crippen molar-refractivity contribution in [3.8, 4) is 5.75 Å². The Balaban J connectivity index is 2.75. The molecule has 0 amide bonds. The van der Waals surface area contributed by atoms with Crippen LogP contribution in [0.4, 0.5) is 13.2 Å². The fourth-order valence-electron chi connectivity index (χ4n) is 2.32. The normalized spacial score (nSPS) is 12.2. The van der Waals surface area contributed by atoms with Crippen LogP contribution >= 0.6 is 0 Å². The second-order valence-electron chi connectivity index (χ2n) is 4.87. The molecule has 2 aromatic rings. The topological polar surface area (TPSA) is 42.1 Å². The number of H-pyrrole nitrogens is 1. The molecule has 108 valence electrons. The van der Waals surface area contributed by atoms with Gasteiger partial charge >= 0.3 is 6.36 Å². The molecule has 0 unspecified atom stereocenters. The fourth-order valence-corrected chi connectivity index (χ4v) is 2.32. The molecular weight excluding hydrogens is 271 g/mol. The van der Waals surface area contributed by atoms with Crippen molar-refractivity contribution in [3.63, 3.8) is 0 Å². The Morgan fingerprint density at radius 2 is 1.90 bits per heavy atom. The lowest BCUT2D eigenvalue weighted by Crippen LogP contribution is -2.19. The van der Waals surface area contributed by atoms with Crippen LogP contribution in [0.5, 0.6) is 5.75 Å². The second kappa shape index (κ2) is 4.85. The maximum Gasteiger partial charge on any atom is 0.573 e. The van der Waals surface area contributed by atoms with E-state index in [1.807, 2.05) is 13.8 Å². The van der Waals surface area contributed by atoms with E-state index in [0.29, 0.717) is 11.3 Å². The average Bonchev–Trinajstić information content (AvgIpc) is 2.28. The van der Waals surface area contributed by atoms with Gasteiger partial charge in [0.15, 0.2) is 11.2 Å². The van der Waals surface area contributed by atoms with E-state index in [9.17, 15) is 18.0 Å². The number of aromatic amines is 1. The zero-order chi connectivity index (χ0) is 15.1. The Bertz CT molecular complexity index is 702. The molecule has 1 aromatic carbocycles. The highest BCUT2D eigenvalue weighted by atomic mass is 19.4. The van der Waals surface area contributed by atoms with E-state index in [-0.39, 0.29) is 22.2 Å². The lowest BCUT2D eigenvalue weighted by atomic mass is 9.99. The highest BCUT2D eigenvalue weighted by Gasteiger charge is 2.32. The molecule has 6 heteroatoms. The van der Waals surface area contributed by atoms with Gasteiger partial charge in [-0.25, -0.2) is 0 Å². The summed E-state index contributed by atoms with van der Waals surface area (Å²) in [6.07, 6.45) is -4.80. The molecule has 0 radical (unpaired) electrons. The summed E-state index contributed by atoms with van der Waals surface area (Å²) in [5, 5.41) is 0.195. The van der Waals surface area contributed by atoms with E-state index >= 15 is 0 Å². The van der Waals surface area contributed by atoms with E-state index in [1.54, 1.807) is 6.92 Å². The number of rotatable bonds is 2. The minimum atomic E-state index is -4.80. The third-order valence-electron chi connectivity index (χ3n) is 3.04. The van der Waals surface area contributed by atoms with Crippen LogP contribution in [0.15, 0.2) is 23.0 Å². The van der Waals surface area contributed by atoms with Gasteiger partial charge in [-0.15, -0.1) is 13.2 Å². The second-order valence-corrected chi connectivity index (χ2v) is 4.87. The minimum absolute atomic E-state index is 0.0182. The van der Waals surface area contributed by atoms with Crippen LogP contribution in [-0.4, -0.2) is 11.3 Å². The van der Waals surface area contributed by atoms with Crippen molar-refractivity contribution in [1.29, 1.82) is 0 Å². The summed E-state index contributed by atoms with van der Waals surface area (Å²) in [5.74, 6) is -0.416. The molecule has 0 fully saturated rings. The standard InChI is InChI=1S/C14H14F3NO2/c1-7(2)11-8(3)18-12-9(13(11)19)5-4-6-10(12)20-14(15,16)17/h4-7H,1-3H3,(H,18,19). The summed E-state index contributed by atoms with van der Waals surface area (Å²) < 4.78 is 41.0. The largest absolute Gasteiger partial charge is 0.573 e. The molecule has 0 aliphatic heterocycles. The molecule has 0 bridgehead atoms. The minimum Gasteiger partial charge on any atom is -0.404 e. The molecule has 3 nitrogen and oxygen atoms in total. The highest BCUT2D eigenvalue weighted by Crippen LogP contribution is 2.29. The zero-order valence-corrected chi connectivity index (χ0v) is 11.3. The zero-order valence-electron chi connectivity index (χ0n) is 11.3. The number of hydrogen-bond donors (Lipinski definition) is 1. The van der Waals surface area contributed by atoms with E-state index in [1.165, 1.54) is 18.2 Å². The van der Waals surface area contributed by atoms with Crippen molar-refractivity contribution in [2.75, 3.05) is 0 Å². The lowest BCUT2D eigenvalue weighted by molar-refractivity contribution is -0.274. The van der Waals surface area contributed by atoms with Gasteiger partial charge < -0.3 is 9.72 Å². The van der Waals surface area contributed by atoms with Crippen molar-refractivity contribution in [2.24, 2.45) is 0 Å². The van der Waals surface area contributed by atoms with Crippen LogP contribution in [0.1, 0.15) is 31.0 Å². The first-order chi connectivity index (χ1) is 9.20. The molecule has 1 N–H and O–H groups in total. The number of benzene rings is 1. The number of aromatic nitrogens is 1. The SMILES string of the molecule is Cc1[nH]c2c(OC(F)(F)F)cccc2c(=O)c1C(C)C. The average molecular weight is 285 g/mol. The Kier molecular flexibility index (Phi) is 3.50. The molecule has 0 saturated carbocycles. The highest BCUT2D eigenvalue weighted by molar-refractivity contribution is 5.85. The molecule has 2 rings (SSSR count). The van der Waals surface area contributed by atoms with E-state index in [0.717, 1.165) is 0 Å². The van der Waals surface area contributed by atoms with Crippen LogP contribution in [0.25, 0.3) is 10.9 Å². The van der Waals surface area contributed by atoms with Crippen LogP contribution in [-0.2, 0) is 0 Å². The maximum atomic E-state index is 12.4. The first-order valence-corrected chi connectivity index (χ1v) is 6.12. The Morgan fingerprint density at radius 1 is 1.25 bits per heavy atom. The van der Waals surface area contributed by atoms with Gasteiger partial charge in [-0.05, 0) is 25.0 Å². The molecule has 0 atom stereocenters. The fraction of sp³-hybridized carbons (Fsp3) is 0.357. The molecule has 0 aliphatic rings. The quantitative estimate of drug-likeness (QED) is 0.910. The van der Waals surface area contributed by atoms with Gasteiger partial charge in [0.2, 0.25) is 0 Å². The van der Waals surface area contributed by atoms with Crippen LogP contribution in [0, 0.1) is 6.92 Å². The summed E-state index contributed by atoms with van der Waals surface area (Å²) in [6, 6.07) is 4.04. The number of ether oxygens (including phenoxy) is 1. The molecule has 0 aliphatic carbocycles. The smallest absolute Gasteiger partial charge is 0.404 e. The van der Waals surface area contributed by atoms with Crippen LogP contribution in [0.3, 0.4) is 0 Å². The predicted molar refractivity (Wildman–Crippen MR) is 70.1 cm³/mol. The molecular formula is C14H14F3NO2. The first-order valence-electron chi connectivity index (χ1n) is 6.12. The molecule has 0 saturated heterocycles. The number of pyridine rings is 1. The number of alkyl halides is 3. The maximum absolute atomic E-state index is 12.4. The van der Waals surface area contributed by atoms with Gasteiger partial charge in [-0.3, -0.25) is 4.79 Å².